The second kappa shape index (κ2) is 4.06. The highest BCUT2D eigenvalue weighted by atomic mass is 35.5. The van der Waals surface area contributed by atoms with Gasteiger partial charge in [-0.3, -0.25) is 4.40 Å². The maximum absolute atomic E-state index is 11.4. The van der Waals surface area contributed by atoms with Crippen LogP contribution in [0.2, 0.25) is 5.15 Å². The Morgan fingerprint density at radius 1 is 1.47 bits per heavy atom. The molecule has 2 heterocycles. The van der Waals surface area contributed by atoms with Crippen molar-refractivity contribution in [2.75, 3.05) is 7.11 Å². The Balaban J connectivity index is 2.85. The number of carbonyl (C=O) groups excluding carboxylic acids is 1. The summed E-state index contributed by atoms with van der Waals surface area (Å²) in [5, 5.41) is 9.14. The number of rotatable bonds is 2. The van der Waals surface area contributed by atoms with Crippen molar-refractivity contribution in [1.82, 2.24) is 9.38 Å². The molecule has 0 atom stereocenters. The molecule has 0 aliphatic carbocycles. The summed E-state index contributed by atoms with van der Waals surface area (Å²) in [6, 6.07) is 4.64. The van der Waals surface area contributed by atoms with Crippen LogP contribution in [0.15, 0.2) is 18.2 Å². The molecule has 0 spiro atoms. The van der Waals surface area contributed by atoms with Crippen LogP contribution >= 0.6 is 11.6 Å². The van der Waals surface area contributed by atoms with E-state index in [1.165, 1.54) is 23.6 Å². The first-order valence-corrected chi connectivity index (χ1v) is 4.92. The summed E-state index contributed by atoms with van der Waals surface area (Å²) in [6.45, 7) is 0. The van der Waals surface area contributed by atoms with Crippen LogP contribution in [0.4, 0.5) is 0 Å². The van der Waals surface area contributed by atoms with Gasteiger partial charge in [-0.25, -0.2) is 14.6 Å². The number of aromatic nitrogens is 2. The molecule has 0 bridgehead atoms. The van der Waals surface area contributed by atoms with Gasteiger partial charge in [-0.1, -0.05) is 17.7 Å². The van der Waals surface area contributed by atoms with E-state index in [4.69, 9.17) is 16.7 Å². The summed E-state index contributed by atoms with van der Waals surface area (Å²) in [7, 11) is 1.19. The van der Waals surface area contributed by atoms with Crippen molar-refractivity contribution in [3.05, 3.63) is 34.9 Å². The van der Waals surface area contributed by atoms with Crippen LogP contribution in [0.1, 0.15) is 21.1 Å². The first-order chi connectivity index (χ1) is 8.06. The van der Waals surface area contributed by atoms with Crippen molar-refractivity contribution in [2.24, 2.45) is 0 Å². The van der Waals surface area contributed by atoms with E-state index >= 15 is 0 Å². The summed E-state index contributed by atoms with van der Waals surface area (Å²) < 4.78 is 5.70. The number of pyridine rings is 1. The zero-order valence-electron chi connectivity index (χ0n) is 8.68. The third-order valence-electron chi connectivity index (χ3n) is 2.18. The summed E-state index contributed by atoms with van der Waals surface area (Å²) >= 11 is 5.87. The van der Waals surface area contributed by atoms with E-state index in [9.17, 15) is 9.59 Å². The van der Waals surface area contributed by atoms with Crippen molar-refractivity contribution in [3.63, 3.8) is 0 Å². The van der Waals surface area contributed by atoms with E-state index in [1.807, 2.05) is 0 Å². The fraction of sp³-hybridized carbons (Fsp3) is 0.100. The molecule has 0 aromatic carbocycles. The number of carbonyl (C=O) groups is 2. The molecule has 0 aliphatic rings. The third kappa shape index (κ3) is 1.72. The monoisotopic (exact) mass is 254 g/mol. The smallest absolute Gasteiger partial charge is 0.372 e. The molecule has 88 valence electrons. The van der Waals surface area contributed by atoms with Crippen molar-refractivity contribution in [2.45, 2.75) is 0 Å². The zero-order valence-corrected chi connectivity index (χ0v) is 9.43. The number of ether oxygens (including phenoxy) is 1. The average molecular weight is 255 g/mol. The van der Waals surface area contributed by atoms with Gasteiger partial charge in [0.25, 0.3) is 0 Å². The van der Waals surface area contributed by atoms with Crippen molar-refractivity contribution in [3.8, 4) is 0 Å². The van der Waals surface area contributed by atoms with Crippen molar-refractivity contribution >= 4 is 29.1 Å². The number of carboxylic acid groups (broad SMARTS) is 1. The normalized spacial score (nSPS) is 10.5. The van der Waals surface area contributed by atoms with Crippen molar-refractivity contribution < 1.29 is 19.4 Å². The third-order valence-corrected chi connectivity index (χ3v) is 2.48. The summed E-state index contributed by atoms with van der Waals surface area (Å²) in [6.07, 6.45) is 0. The molecule has 0 aliphatic heterocycles. The molecule has 2 rings (SSSR count). The number of fused-ring (bicyclic) bond motifs is 1. The maximum Gasteiger partial charge on any atom is 0.372 e. The van der Waals surface area contributed by atoms with E-state index in [-0.39, 0.29) is 16.7 Å². The quantitative estimate of drug-likeness (QED) is 0.648. The molecule has 0 unspecified atom stereocenters. The highest BCUT2D eigenvalue weighted by molar-refractivity contribution is 6.30. The van der Waals surface area contributed by atoms with Gasteiger partial charge in [0.15, 0.2) is 5.69 Å². The van der Waals surface area contributed by atoms with Gasteiger partial charge in [-0.05, 0) is 12.1 Å². The van der Waals surface area contributed by atoms with E-state index in [2.05, 4.69) is 9.72 Å². The standard InChI is InChI=1S/C10H7ClN2O4/c1-17-10(16)7-5-3-2-4-6(11)13(5)8(12-7)9(14)15/h2-4H,1H3,(H,14,15). The molecular weight excluding hydrogens is 248 g/mol. The minimum absolute atomic E-state index is 0.0765. The Hall–Kier alpha value is -2.08. The Bertz CT molecular complexity index is 620. The van der Waals surface area contributed by atoms with E-state index in [0.717, 1.165) is 0 Å². The zero-order chi connectivity index (χ0) is 12.6. The number of aromatic carboxylic acids is 1. The van der Waals surface area contributed by atoms with Crippen LogP contribution in [0.25, 0.3) is 5.52 Å². The molecule has 7 heteroatoms. The first kappa shape index (κ1) is 11.4. The minimum Gasteiger partial charge on any atom is -0.475 e. The number of nitrogens with zero attached hydrogens (tertiary/aromatic N) is 2. The number of halogens is 1. The SMILES string of the molecule is COC(=O)c1nc(C(=O)O)n2c(Cl)cccc12. The van der Waals surface area contributed by atoms with Crippen LogP contribution in [0, 0.1) is 0 Å². The molecule has 0 saturated carbocycles. The second-order valence-electron chi connectivity index (χ2n) is 3.15. The molecule has 6 nitrogen and oxygen atoms in total. The number of hydrogen-bond donors (Lipinski definition) is 1. The van der Waals surface area contributed by atoms with Gasteiger partial charge in [0.2, 0.25) is 5.82 Å². The molecule has 0 radical (unpaired) electrons. The van der Waals surface area contributed by atoms with Crippen molar-refractivity contribution in [1.29, 1.82) is 0 Å². The van der Waals surface area contributed by atoms with E-state index in [0.29, 0.717) is 5.52 Å². The minimum atomic E-state index is -1.27. The lowest BCUT2D eigenvalue weighted by Crippen LogP contribution is -2.05. The fourth-order valence-corrected chi connectivity index (χ4v) is 1.73. The molecule has 2 aromatic rings. The second-order valence-corrected chi connectivity index (χ2v) is 3.54. The largest absolute Gasteiger partial charge is 0.475 e. The van der Waals surface area contributed by atoms with Crippen LogP contribution in [0.3, 0.4) is 0 Å². The Morgan fingerprint density at radius 2 is 2.18 bits per heavy atom. The Kier molecular flexibility index (Phi) is 2.72. The fourth-order valence-electron chi connectivity index (χ4n) is 1.49. The highest BCUT2D eigenvalue weighted by Crippen LogP contribution is 2.20. The molecule has 1 N–H and O–H groups in total. The van der Waals surface area contributed by atoms with Gasteiger partial charge in [0.05, 0.1) is 12.6 Å². The molecule has 17 heavy (non-hydrogen) atoms. The number of methoxy groups -OCH3 is 1. The lowest BCUT2D eigenvalue weighted by atomic mass is 10.3. The predicted molar refractivity (Wildman–Crippen MR) is 58.5 cm³/mol. The van der Waals surface area contributed by atoms with Gasteiger partial charge in [-0.15, -0.1) is 0 Å². The summed E-state index contributed by atoms with van der Waals surface area (Å²) in [4.78, 5) is 26.2. The van der Waals surface area contributed by atoms with Crippen LogP contribution in [-0.2, 0) is 4.74 Å². The predicted octanol–water partition coefficient (Wildman–Crippen LogP) is 1.47. The van der Waals surface area contributed by atoms with Gasteiger partial charge in [-0.2, -0.15) is 0 Å². The van der Waals surface area contributed by atoms with Gasteiger partial charge >= 0.3 is 11.9 Å². The lowest BCUT2D eigenvalue weighted by Gasteiger charge is -1.99. The average Bonchev–Trinajstić information content (AvgIpc) is 2.69. The lowest BCUT2D eigenvalue weighted by molar-refractivity contribution is 0.0597. The van der Waals surface area contributed by atoms with Crippen LogP contribution in [0.5, 0.6) is 0 Å². The number of hydrogen-bond acceptors (Lipinski definition) is 4. The molecule has 2 aromatic heterocycles. The molecule has 0 amide bonds. The van der Waals surface area contributed by atoms with Crippen LogP contribution in [-0.4, -0.2) is 33.5 Å². The van der Waals surface area contributed by atoms with E-state index < -0.39 is 11.9 Å². The molecular formula is C10H7ClN2O4. The van der Waals surface area contributed by atoms with Gasteiger partial charge in [0.1, 0.15) is 5.15 Å². The number of esters is 1. The highest BCUT2D eigenvalue weighted by Gasteiger charge is 2.22. The topological polar surface area (TPSA) is 80.9 Å². The van der Waals surface area contributed by atoms with Gasteiger partial charge < -0.3 is 9.84 Å². The Morgan fingerprint density at radius 3 is 2.76 bits per heavy atom. The summed E-state index contributed by atoms with van der Waals surface area (Å²) in [5.74, 6) is -2.31. The van der Waals surface area contributed by atoms with E-state index in [1.54, 1.807) is 6.07 Å². The maximum atomic E-state index is 11.4. The number of carboxylic acids is 1. The first-order valence-electron chi connectivity index (χ1n) is 4.55. The van der Waals surface area contributed by atoms with Crippen LogP contribution < -0.4 is 0 Å². The number of imidazole rings is 1. The Labute approximate surface area is 100 Å². The molecule has 0 fully saturated rings. The molecule has 0 saturated heterocycles. The summed E-state index contributed by atoms with van der Waals surface area (Å²) in [5.41, 5.74) is 0.217. The van der Waals surface area contributed by atoms with Gasteiger partial charge in [0, 0.05) is 0 Å².